The van der Waals surface area contributed by atoms with Gasteiger partial charge in [0.25, 0.3) is 5.91 Å². The molecule has 1 amide bonds. The van der Waals surface area contributed by atoms with E-state index in [-0.39, 0.29) is 10.9 Å². The molecule has 3 heterocycles. The van der Waals surface area contributed by atoms with E-state index in [0.29, 0.717) is 0 Å². The number of nitrogens with zero attached hydrogens (tertiary/aromatic N) is 4. The molecule has 0 bridgehead atoms. The Labute approximate surface area is 163 Å². The van der Waals surface area contributed by atoms with E-state index in [9.17, 15) is 4.79 Å². The van der Waals surface area contributed by atoms with Gasteiger partial charge in [0, 0.05) is 17.7 Å². The molecule has 0 fully saturated rings. The van der Waals surface area contributed by atoms with Crippen molar-refractivity contribution in [2.24, 2.45) is 0 Å². The van der Waals surface area contributed by atoms with Crippen LogP contribution in [0.4, 0.5) is 5.69 Å². The molecule has 0 saturated carbocycles. The van der Waals surface area contributed by atoms with Crippen LogP contribution in [0.5, 0.6) is 0 Å². The molecule has 2 N–H and O–H groups in total. The van der Waals surface area contributed by atoms with E-state index in [2.05, 4.69) is 25.9 Å². The maximum atomic E-state index is 12.0. The molecule has 10 heteroatoms. The number of anilines is 1. The van der Waals surface area contributed by atoms with Crippen molar-refractivity contribution >= 4 is 45.2 Å². The van der Waals surface area contributed by atoms with Crippen molar-refractivity contribution in [3.63, 3.8) is 0 Å². The van der Waals surface area contributed by atoms with Gasteiger partial charge in [-0.05, 0) is 36.5 Å². The highest BCUT2D eigenvalue weighted by molar-refractivity contribution is 7.80. The summed E-state index contributed by atoms with van der Waals surface area (Å²) in [5, 5.41) is 19.4. The second kappa shape index (κ2) is 7.25. The third kappa shape index (κ3) is 3.57. The van der Waals surface area contributed by atoms with Gasteiger partial charge in [0.15, 0.2) is 16.7 Å². The molecule has 0 spiro atoms. The van der Waals surface area contributed by atoms with Crippen LogP contribution in [0.25, 0.3) is 15.5 Å². The summed E-state index contributed by atoms with van der Waals surface area (Å²) in [6, 6.07) is 10.8. The zero-order chi connectivity index (χ0) is 18.8. The average molecular weight is 398 g/mol. The number of furan rings is 1. The molecule has 3 aromatic heterocycles. The monoisotopic (exact) mass is 398 g/mol. The summed E-state index contributed by atoms with van der Waals surface area (Å²) >= 11 is 6.66. The number of hydrogen-bond acceptors (Lipinski definition) is 7. The molecule has 136 valence electrons. The smallest absolute Gasteiger partial charge is 0.293 e. The topological polar surface area (TPSA) is 97.3 Å². The molecule has 8 nitrogen and oxygen atoms in total. The Morgan fingerprint density at radius 3 is 2.96 bits per heavy atom. The maximum absolute atomic E-state index is 12.0. The Balaban J connectivity index is 1.50. The fourth-order valence-electron chi connectivity index (χ4n) is 2.46. The van der Waals surface area contributed by atoms with Crippen LogP contribution in [-0.2, 0) is 6.42 Å². The van der Waals surface area contributed by atoms with Crippen LogP contribution >= 0.6 is 23.6 Å². The van der Waals surface area contributed by atoms with Crippen molar-refractivity contribution in [3.8, 4) is 10.6 Å². The van der Waals surface area contributed by atoms with Gasteiger partial charge >= 0.3 is 0 Å². The predicted molar refractivity (Wildman–Crippen MR) is 106 cm³/mol. The Kier molecular flexibility index (Phi) is 4.65. The highest BCUT2D eigenvalue weighted by Crippen LogP contribution is 2.27. The van der Waals surface area contributed by atoms with E-state index in [1.807, 2.05) is 31.2 Å². The Bertz CT molecular complexity index is 1120. The largest absolute Gasteiger partial charge is 0.459 e. The summed E-state index contributed by atoms with van der Waals surface area (Å²) in [5.74, 6) is 0.609. The number of benzene rings is 1. The molecule has 4 rings (SSSR count). The first-order chi connectivity index (χ1) is 13.1. The van der Waals surface area contributed by atoms with Crippen LogP contribution in [0.2, 0.25) is 0 Å². The number of aryl methyl sites for hydroxylation is 1. The van der Waals surface area contributed by atoms with Crippen LogP contribution in [0.1, 0.15) is 23.3 Å². The number of nitrogens with one attached hydrogen (secondary N) is 2. The van der Waals surface area contributed by atoms with Crippen molar-refractivity contribution in [3.05, 3.63) is 54.2 Å². The third-order valence-electron chi connectivity index (χ3n) is 3.71. The molecule has 0 aliphatic rings. The molecule has 27 heavy (non-hydrogen) atoms. The van der Waals surface area contributed by atoms with Crippen LogP contribution in [0.15, 0.2) is 47.1 Å². The molecule has 4 aromatic rings. The van der Waals surface area contributed by atoms with E-state index < -0.39 is 5.91 Å². The molecule has 0 unspecified atom stereocenters. The van der Waals surface area contributed by atoms with Gasteiger partial charge in [0.05, 0.1) is 6.26 Å². The Morgan fingerprint density at radius 2 is 2.19 bits per heavy atom. The maximum Gasteiger partial charge on any atom is 0.293 e. The lowest BCUT2D eigenvalue weighted by Gasteiger charge is -2.09. The normalized spacial score (nSPS) is 10.9. The first kappa shape index (κ1) is 17.3. The lowest BCUT2D eigenvalue weighted by atomic mass is 10.2. The number of fused-ring (bicyclic) bond motifs is 1. The fraction of sp³-hybridized carbons (Fsp3) is 0.118. The van der Waals surface area contributed by atoms with Gasteiger partial charge in [-0.15, -0.1) is 10.2 Å². The third-order valence-corrected chi connectivity index (χ3v) is 4.86. The molecular formula is C17H14N6O2S2. The van der Waals surface area contributed by atoms with Gasteiger partial charge in [0.2, 0.25) is 4.96 Å². The first-order valence-corrected chi connectivity index (χ1v) is 9.34. The molecule has 0 aliphatic carbocycles. The minimum absolute atomic E-state index is 0.181. The Hall–Kier alpha value is -3.11. The van der Waals surface area contributed by atoms with Crippen molar-refractivity contribution in [2.75, 3.05) is 5.32 Å². The van der Waals surface area contributed by atoms with Crippen LogP contribution in [0.3, 0.4) is 0 Å². The number of carbonyl (C=O) groups excluding carboxylic acids is 1. The standard InChI is InChI=1S/C17H14N6O2S2/c1-2-13-20-21-17-23(13)22-15(27-17)10-5-3-6-11(9-10)18-16(26)19-14(24)12-7-4-8-25-12/h3-9H,2H2,1H3,(H2,18,19,24,26). The van der Waals surface area contributed by atoms with E-state index in [1.54, 1.807) is 16.6 Å². The summed E-state index contributed by atoms with van der Waals surface area (Å²) in [4.78, 5) is 12.7. The first-order valence-electron chi connectivity index (χ1n) is 8.11. The van der Waals surface area contributed by atoms with Crippen molar-refractivity contribution in [1.29, 1.82) is 0 Å². The van der Waals surface area contributed by atoms with E-state index in [1.165, 1.54) is 17.6 Å². The summed E-state index contributed by atoms with van der Waals surface area (Å²) < 4.78 is 6.80. The van der Waals surface area contributed by atoms with Gasteiger partial charge in [-0.1, -0.05) is 30.4 Å². The summed E-state index contributed by atoms with van der Waals surface area (Å²) in [6.07, 6.45) is 2.19. The highest BCUT2D eigenvalue weighted by atomic mass is 32.1. The second-order valence-corrected chi connectivity index (χ2v) is 6.90. The van der Waals surface area contributed by atoms with Gasteiger partial charge in [0.1, 0.15) is 5.01 Å². The van der Waals surface area contributed by atoms with Gasteiger partial charge in [-0.25, -0.2) is 0 Å². The van der Waals surface area contributed by atoms with E-state index >= 15 is 0 Å². The fourth-order valence-corrected chi connectivity index (χ4v) is 3.52. The average Bonchev–Trinajstić information content (AvgIpc) is 3.38. The van der Waals surface area contributed by atoms with Crippen LogP contribution in [0, 0.1) is 0 Å². The molecule has 0 radical (unpaired) electrons. The summed E-state index contributed by atoms with van der Waals surface area (Å²) in [6.45, 7) is 2.01. The van der Waals surface area contributed by atoms with Crippen molar-refractivity contribution in [1.82, 2.24) is 25.1 Å². The van der Waals surface area contributed by atoms with Crippen LogP contribution < -0.4 is 10.6 Å². The van der Waals surface area contributed by atoms with Gasteiger partial charge in [-0.3, -0.25) is 10.1 Å². The number of carbonyl (C=O) groups is 1. The number of rotatable bonds is 4. The molecule has 0 saturated heterocycles. The van der Waals surface area contributed by atoms with E-state index in [4.69, 9.17) is 16.6 Å². The minimum Gasteiger partial charge on any atom is -0.459 e. The summed E-state index contributed by atoms with van der Waals surface area (Å²) in [5.41, 5.74) is 1.65. The van der Waals surface area contributed by atoms with Crippen LogP contribution in [-0.4, -0.2) is 30.8 Å². The lowest BCUT2D eigenvalue weighted by molar-refractivity contribution is 0.0950. The number of aromatic nitrogens is 4. The quantitative estimate of drug-likeness (QED) is 0.510. The van der Waals surface area contributed by atoms with E-state index in [0.717, 1.165) is 33.5 Å². The molecular weight excluding hydrogens is 384 g/mol. The Morgan fingerprint density at radius 1 is 1.30 bits per heavy atom. The SMILES string of the molecule is CCc1nnc2sc(-c3cccc(NC(=S)NC(=O)c4ccco4)c3)nn12. The lowest BCUT2D eigenvalue weighted by Crippen LogP contribution is -2.33. The summed E-state index contributed by atoms with van der Waals surface area (Å²) in [7, 11) is 0. The second-order valence-electron chi connectivity index (χ2n) is 5.54. The zero-order valence-electron chi connectivity index (χ0n) is 14.2. The minimum atomic E-state index is -0.408. The molecule has 1 aromatic carbocycles. The molecule has 0 atom stereocenters. The highest BCUT2D eigenvalue weighted by Gasteiger charge is 2.13. The van der Waals surface area contributed by atoms with Gasteiger partial charge in [-0.2, -0.15) is 9.61 Å². The van der Waals surface area contributed by atoms with Gasteiger partial charge < -0.3 is 9.73 Å². The predicted octanol–water partition coefficient (Wildman–Crippen LogP) is 3.13. The number of thiocarbonyl (C=S) groups is 1. The van der Waals surface area contributed by atoms with Crippen molar-refractivity contribution in [2.45, 2.75) is 13.3 Å². The molecule has 0 aliphatic heterocycles. The number of hydrogen-bond donors (Lipinski definition) is 2. The zero-order valence-corrected chi connectivity index (χ0v) is 15.8. The number of amides is 1. The van der Waals surface area contributed by atoms with Crippen molar-refractivity contribution < 1.29 is 9.21 Å².